The van der Waals surface area contributed by atoms with E-state index in [-0.39, 0.29) is 18.1 Å². The van der Waals surface area contributed by atoms with Crippen LogP contribution in [-0.4, -0.2) is 46.0 Å². The molecule has 0 aliphatic carbocycles. The third-order valence-corrected chi connectivity index (χ3v) is 4.14. The molecular weight excluding hydrogens is 320 g/mol. The average Bonchev–Trinajstić information content (AvgIpc) is 3.05. The zero-order valence-corrected chi connectivity index (χ0v) is 14.4. The van der Waals surface area contributed by atoms with Gasteiger partial charge in [-0.05, 0) is 31.0 Å². The molecule has 134 valence electrons. The first-order valence-electron chi connectivity index (χ1n) is 8.58. The molecule has 1 aliphatic rings. The van der Waals surface area contributed by atoms with Crippen molar-refractivity contribution in [3.63, 3.8) is 0 Å². The number of aromatic nitrogens is 3. The highest BCUT2D eigenvalue weighted by molar-refractivity contribution is 5.76. The third-order valence-electron chi connectivity index (χ3n) is 4.14. The van der Waals surface area contributed by atoms with Crippen LogP contribution in [0.25, 0.3) is 0 Å². The van der Waals surface area contributed by atoms with Crippen LogP contribution in [0.2, 0.25) is 0 Å². The first-order valence-corrected chi connectivity index (χ1v) is 8.58. The van der Waals surface area contributed by atoms with Gasteiger partial charge in [0, 0.05) is 32.0 Å². The van der Waals surface area contributed by atoms with Gasteiger partial charge < -0.3 is 14.8 Å². The third kappa shape index (κ3) is 5.37. The summed E-state index contributed by atoms with van der Waals surface area (Å²) in [5, 5.41) is 7.22. The molecule has 1 N–H and O–H groups in total. The van der Waals surface area contributed by atoms with Crippen LogP contribution in [0.4, 0.5) is 0 Å². The Bertz CT molecular complexity index is 674. The summed E-state index contributed by atoms with van der Waals surface area (Å²) in [7, 11) is 0. The zero-order chi connectivity index (χ0) is 17.5. The molecule has 1 saturated heterocycles. The largest absolute Gasteiger partial charge is 0.379 e. The van der Waals surface area contributed by atoms with Gasteiger partial charge in [-0.2, -0.15) is 5.10 Å². The number of pyridine rings is 1. The molecule has 0 aromatic carbocycles. The molecule has 1 aliphatic heterocycles. The summed E-state index contributed by atoms with van der Waals surface area (Å²) in [6, 6.07) is 5.61. The molecule has 1 fully saturated rings. The van der Waals surface area contributed by atoms with Crippen LogP contribution in [0.3, 0.4) is 0 Å². The quantitative estimate of drug-likeness (QED) is 0.823. The van der Waals surface area contributed by atoms with Gasteiger partial charge in [-0.25, -0.2) is 0 Å². The van der Waals surface area contributed by atoms with E-state index in [1.54, 1.807) is 17.1 Å². The van der Waals surface area contributed by atoms with Gasteiger partial charge in [0.15, 0.2) is 0 Å². The molecule has 0 saturated carbocycles. The minimum Gasteiger partial charge on any atom is -0.379 e. The number of amides is 1. The zero-order valence-electron chi connectivity index (χ0n) is 14.4. The number of hydrogen-bond acceptors (Lipinski definition) is 5. The molecule has 2 atom stereocenters. The predicted octanol–water partition coefficient (Wildman–Crippen LogP) is 1.47. The number of aryl methyl sites for hydroxylation is 2. The van der Waals surface area contributed by atoms with E-state index in [9.17, 15) is 4.79 Å². The molecular formula is C18H24N4O3. The van der Waals surface area contributed by atoms with E-state index in [1.807, 2.05) is 31.3 Å². The second kappa shape index (κ2) is 8.73. The van der Waals surface area contributed by atoms with Gasteiger partial charge in [0.2, 0.25) is 5.91 Å². The van der Waals surface area contributed by atoms with Crippen LogP contribution < -0.4 is 5.32 Å². The van der Waals surface area contributed by atoms with E-state index < -0.39 is 0 Å². The Morgan fingerprint density at radius 2 is 2.40 bits per heavy atom. The highest BCUT2D eigenvalue weighted by atomic mass is 16.5. The SMILES string of the molecule is Cc1cnn(CCC(=O)N[C@@H]2COCC[C@H]2OCc2ccccn2)c1. The fourth-order valence-corrected chi connectivity index (χ4v) is 2.81. The highest BCUT2D eigenvalue weighted by Crippen LogP contribution is 2.14. The fourth-order valence-electron chi connectivity index (χ4n) is 2.81. The van der Waals surface area contributed by atoms with Gasteiger partial charge in [-0.15, -0.1) is 0 Å². The van der Waals surface area contributed by atoms with Crippen molar-refractivity contribution < 1.29 is 14.3 Å². The van der Waals surface area contributed by atoms with E-state index in [0.29, 0.717) is 32.8 Å². The van der Waals surface area contributed by atoms with E-state index >= 15 is 0 Å². The number of rotatable bonds is 7. The summed E-state index contributed by atoms with van der Waals surface area (Å²) in [5.41, 5.74) is 1.97. The van der Waals surface area contributed by atoms with Crippen molar-refractivity contribution in [2.75, 3.05) is 13.2 Å². The van der Waals surface area contributed by atoms with Crippen LogP contribution in [-0.2, 0) is 27.4 Å². The van der Waals surface area contributed by atoms with Crippen molar-refractivity contribution in [3.05, 3.63) is 48.0 Å². The lowest BCUT2D eigenvalue weighted by Gasteiger charge is -2.32. The predicted molar refractivity (Wildman–Crippen MR) is 91.8 cm³/mol. The Morgan fingerprint density at radius 3 is 3.16 bits per heavy atom. The topological polar surface area (TPSA) is 78.3 Å². The van der Waals surface area contributed by atoms with E-state index in [2.05, 4.69) is 15.4 Å². The number of nitrogens with one attached hydrogen (secondary N) is 1. The second-order valence-electron chi connectivity index (χ2n) is 6.24. The number of ether oxygens (including phenoxy) is 2. The molecule has 25 heavy (non-hydrogen) atoms. The highest BCUT2D eigenvalue weighted by Gasteiger charge is 2.28. The maximum atomic E-state index is 12.2. The van der Waals surface area contributed by atoms with E-state index in [4.69, 9.17) is 9.47 Å². The van der Waals surface area contributed by atoms with E-state index in [1.165, 1.54) is 0 Å². The molecule has 2 aromatic rings. The summed E-state index contributed by atoms with van der Waals surface area (Å²) in [6.07, 6.45) is 6.54. The van der Waals surface area contributed by atoms with Crippen molar-refractivity contribution in [2.24, 2.45) is 0 Å². The van der Waals surface area contributed by atoms with Gasteiger partial charge in [-0.1, -0.05) is 6.07 Å². The van der Waals surface area contributed by atoms with Crippen molar-refractivity contribution in [1.29, 1.82) is 0 Å². The Kier molecular flexibility index (Phi) is 6.14. The van der Waals surface area contributed by atoms with Gasteiger partial charge in [0.1, 0.15) is 0 Å². The van der Waals surface area contributed by atoms with Crippen LogP contribution in [0.15, 0.2) is 36.8 Å². The van der Waals surface area contributed by atoms with Gasteiger partial charge in [-0.3, -0.25) is 14.5 Å². The first kappa shape index (κ1) is 17.6. The van der Waals surface area contributed by atoms with Crippen LogP contribution in [0.1, 0.15) is 24.1 Å². The Labute approximate surface area is 147 Å². The molecule has 3 rings (SSSR count). The summed E-state index contributed by atoms with van der Waals surface area (Å²) >= 11 is 0. The standard InChI is InChI=1S/C18H24N4O3/c1-14-10-20-22(11-14)8-5-18(23)21-16-13-24-9-6-17(16)25-12-15-4-2-3-7-19-15/h2-4,7,10-11,16-17H,5-6,8-9,12-13H2,1H3,(H,21,23)/t16-,17-/m1/s1. The van der Waals surface area contributed by atoms with Gasteiger partial charge in [0.05, 0.1) is 37.3 Å². The molecule has 0 radical (unpaired) electrons. The van der Waals surface area contributed by atoms with Crippen molar-refractivity contribution in [2.45, 2.75) is 45.1 Å². The minimum atomic E-state index is -0.135. The van der Waals surface area contributed by atoms with Crippen molar-refractivity contribution >= 4 is 5.91 Å². The van der Waals surface area contributed by atoms with E-state index in [0.717, 1.165) is 17.7 Å². The first-order chi connectivity index (χ1) is 12.2. The lowest BCUT2D eigenvalue weighted by atomic mass is 10.1. The van der Waals surface area contributed by atoms with Crippen LogP contribution in [0.5, 0.6) is 0 Å². The molecule has 3 heterocycles. The summed E-state index contributed by atoms with van der Waals surface area (Å²) in [6.45, 7) is 4.09. The molecule has 1 amide bonds. The summed E-state index contributed by atoms with van der Waals surface area (Å²) in [4.78, 5) is 16.5. The maximum Gasteiger partial charge on any atom is 0.222 e. The van der Waals surface area contributed by atoms with Gasteiger partial charge >= 0.3 is 0 Å². The van der Waals surface area contributed by atoms with Crippen LogP contribution in [0, 0.1) is 6.92 Å². The van der Waals surface area contributed by atoms with Crippen molar-refractivity contribution in [3.8, 4) is 0 Å². The summed E-state index contributed by atoms with van der Waals surface area (Å²) < 4.78 is 13.3. The number of carbonyl (C=O) groups is 1. The smallest absolute Gasteiger partial charge is 0.222 e. The number of hydrogen-bond donors (Lipinski definition) is 1. The number of nitrogens with zero attached hydrogens (tertiary/aromatic N) is 3. The van der Waals surface area contributed by atoms with Gasteiger partial charge in [0.25, 0.3) is 0 Å². The average molecular weight is 344 g/mol. The van der Waals surface area contributed by atoms with Crippen molar-refractivity contribution in [1.82, 2.24) is 20.1 Å². The molecule has 0 unspecified atom stereocenters. The Morgan fingerprint density at radius 1 is 1.48 bits per heavy atom. The fraction of sp³-hybridized carbons (Fsp3) is 0.500. The summed E-state index contributed by atoms with van der Waals surface area (Å²) in [5.74, 6) is -0.0184. The molecule has 0 bridgehead atoms. The van der Waals surface area contributed by atoms with Crippen LogP contribution >= 0.6 is 0 Å². The second-order valence-corrected chi connectivity index (χ2v) is 6.24. The Hall–Kier alpha value is -2.25. The lowest BCUT2D eigenvalue weighted by molar-refractivity contribution is -0.126. The maximum absolute atomic E-state index is 12.2. The normalized spacial score (nSPS) is 20.4. The molecule has 0 spiro atoms. The monoisotopic (exact) mass is 344 g/mol. The molecule has 2 aromatic heterocycles. The Balaban J connectivity index is 1.47. The molecule has 7 nitrogen and oxygen atoms in total. The number of carbonyl (C=O) groups excluding carboxylic acids is 1. The minimum absolute atomic E-state index is 0.0184. The molecule has 7 heteroatoms. The lowest BCUT2D eigenvalue weighted by Crippen LogP contribution is -2.50.